The maximum atomic E-state index is 13.9. The number of sulfonamides is 1. The molecule has 41 heavy (non-hydrogen) atoms. The first kappa shape index (κ1) is 30.3. The van der Waals surface area contributed by atoms with E-state index in [2.05, 4.69) is 10.0 Å². The second-order valence-electron chi connectivity index (χ2n) is 10.3. The van der Waals surface area contributed by atoms with E-state index < -0.39 is 16.1 Å². The first-order valence-electron chi connectivity index (χ1n) is 14.2. The molecule has 1 amide bonds. The molecule has 1 aliphatic heterocycles. The van der Waals surface area contributed by atoms with Gasteiger partial charge in [-0.2, -0.15) is 0 Å². The van der Waals surface area contributed by atoms with Crippen LogP contribution in [0.2, 0.25) is 0 Å². The van der Waals surface area contributed by atoms with E-state index in [1.807, 2.05) is 72.5 Å². The van der Waals surface area contributed by atoms with Crippen LogP contribution in [-0.4, -0.2) is 40.0 Å². The lowest BCUT2D eigenvalue weighted by atomic mass is 9.95. The molecule has 1 saturated heterocycles. The number of rotatable bonds is 11. The van der Waals surface area contributed by atoms with E-state index in [4.69, 9.17) is 4.74 Å². The quantitative estimate of drug-likeness (QED) is 0.286. The van der Waals surface area contributed by atoms with Crippen LogP contribution in [0.3, 0.4) is 0 Å². The predicted molar refractivity (Wildman–Crippen MR) is 161 cm³/mol. The van der Waals surface area contributed by atoms with E-state index >= 15 is 0 Å². The van der Waals surface area contributed by atoms with Gasteiger partial charge in [0.1, 0.15) is 4.90 Å². The zero-order chi connectivity index (χ0) is 29.4. The summed E-state index contributed by atoms with van der Waals surface area (Å²) in [6.07, 6.45) is 2.01. The van der Waals surface area contributed by atoms with Crippen LogP contribution in [0.1, 0.15) is 63.1 Å². The van der Waals surface area contributed by atoms with Gasteiger partial charge < -0.3 is 15.0 Å². The normalized spacial score (nSPS) is 17.0. The Labute approximate surface area is 243 Å². The van der Waals surface area contributed by atoms with Crippen molar-refractivity contribution in [1.29, 1.82) is 0 Å². The fraction of sp³-hybridized carbons (Fsp3) is 0.375. The van der Waals surface area contributed by atoms with Gasteiger partial charge in [0, 0.05) is 24.8 Å². The Kier molecular flexibility index (Phi) is 10.2. The minimum absolute atomic E-state index is 0.0512. The summed E-state index contributed by atoms with van der Waals surface area (Å²) in [6, 6.07) is 23.3. The molecule has 3 aromatic rings. The van der Waals surface area contributed by atoms with Crippen LogP contribution in [-0.2, 0) is 24.3 Å². The monoisotopic (exact) mass is 577 g/mol. The molecule has 3 atom stereocenters. The molecule has 4 rings (SSSR count). The SMILES string of the molecule is CCOC(=O)C1CCCN(c2ccc(NC(=O)C(CC)c3ccccc3)cc2S(=O)(=O)NC(C)c2ccccc2)C1. The van der Waals surface area contributed by atoms with Crippen molar-refractivity contribution in [2.45, 2.75) is 56.9 Å². The molecule has 0 aliphatic carbocycles. The Hall–Kier alpha value is -3.69. The van der Waals surface area contributed by atoms with E-state index in [-0.39, 0.29) is 28.6 Å². The van der Waals surface area contributed by atoms with Crippen LogP contribution < -0.4 is 14.9 Å². The lowest BCUT2D eigenvalue weighted by molar-refractivity contribution is -0.148. The lowest BCUT2D eigenvalue weighted by Crippen LogP contribution is -2.40. The molecular weight excluding hydrogens is 538 g/mol. The number of hydrogen-bond donors (Lipinski definition) is 2. The Balaban J connectivity index is 1.67. The van der Waals surface area contributed by atoms with Crippen molar-refractivity contribution in [2.75, 3.05) is 29.9 Å². The van der Waals surface area contributed by atoms with Crippen molar-refractivity contribution in [3.8, 4) is 0 Å². The van der Waals surface area contributed by atoms with Crippen molar-refractivity contribution in [3.05, 3.63) is 90.0 Å². The standard InChI is InChI=1S/C32H39N3O5S/c1-4-28(25-15-10-7-11-16-25)31(36)33-27-18-19-29(35-20-12-17-26(22-35)32(37)40-5-2)30(21-27)41(38,39)34-23(3)24-13-8-6-9-14-24/h6-11,13-16,18-19,21,23,26,28,34H,4-5,12,17,20,22H2,1-3H3,(H,33,36). The van der Waals surface area contributed by atoms with Gasteiger partial charge in [-0.05, 0) is 62.4 Å². The highest BCUT2D eigenvalue weighted by Gasteiger charge is 2.31. The molecule has 1 heterocycles. The molecular formula is C32H39N3O5S. The smallest absolute Gasteiger partial charge is 0.310 e. The average molecular weight is 578 g/mol. The van der Waals surface area contributed by atoms with Crippen LogP contribution >= 0.6 is 0 Å². The summed E-state index contributed by atoms with van der Waals surface area (Å²) < 4.78 is 35.9. The first-order chi connectivity index (χ1) is 19.7. The van der Waals surface area contributed by atoms with E-state index in [9.17, 15) is 18.0 Å². The van der Waals surface area contributed by atoms with Gasteiger partial charge in [-0.25, -0.2) is 13.1 Å². The van der Waals surface area contributed by atoms with Gasteiger partial charge in [-0.3, -0.25) is 9.59 Å². The summed E-state index contributed by atoms with van der Waals surface area (Å²) >= 11 is 0. The second kappa shape index (κ2) is 13.8. The molecule has 0 spiro atoms. The molecule has 8 nitrogen and oxygen atoms in total. The molecule has 1 aliphatic rings. The van der Waals surface area contributed by atoms with Crippen LogP contribution in [0.25, 0.3) is 0 Å². The van der Waals surface area contributed by atoms with E-state index in [1.54, 1.807) is 26.0 Å². The maximum Gasteiger partial charge on any atom is 0.310 e. The van der Waals surface area contributed by atoms with Gasteiger partial charge in [0.2, 0.25) is 15.9 Å². The van der Waals surface area contributed by atoms with Gasteiger partial charge in [-0.15, -0.1) is 0 Å². The molecule has 1 fully saturated rings. The van der Waals surface area contributed by atoms with Crippen LogP contribution in [0, 0.1) is 5.92 Å². The molecule has 9 heteroatoms. The molecule has 0 radical (unpaired) electrons. The number of piperidine rings is 1. The van der Waals surface area contributed by atoms with E-state index in [0.717, 1.165) is 17.5 Å². The van der Waals surface area contributed by atoms with E-state index in [1.165, 1.54) is 6.07 Å². The third-order valence-corrected chi connectivity index (χ3v) is 9.03. The summed E-state index contributed by atoms with van der Waals surface area (Å²) in [5.41, 5.74) is 2.60. The topological polar surface area (TPSA) is 105 Å². The van der Waals surface area contributed by atoms with Gasteiger partial charge in [0.15, 0.2) is 0 Å². The minimum Gasteiger partial charge on any atom is -0.466 e. The zero-order valence-electron chi connectivity index (χ0n) is 23.9. The number of esters is 1. The Morgan fingerprint density at radius 3 is 2.27 bits per heavy atom. The molecule has 218 valence electrons. The highest BCUT2D eigenvalue weighted by Crippen LogP contribution is 2.33. The van der Waals surface area contributed by atoms with Gasteiger partial charge in [-0.1, -0.05) is 67.6 Å². The molecule has 3 aromatic carbocycles. The van der Waals surface area contributed by atoms with Crippen LogP contribution in [0.15, 0.2) is 83.8 Å². The van der Waals surface area contributed by atoms with Crippen molar-refractivity contribution in [2.24, 2.45) is 5.92 Å². The molecule has 2 N–H and O–H groups in total. The number of carbonyl (C=O) groups excluding carboxylic acids is 2. The highest BCUT2D eigenvalue weighted by atomic mass is 32.2. The fourth-order valence-corrected chi connectivity index (χ4v) is 6.79. The predicted octanol–water partition coefficient (Wildman–Crippen LogP) is 5.64. The maximum absolute atomic E-state index is 13.9. The Morgan fingerprint density at radius 2 is 1.63 bits per heavy atom. The van der Waals surface area contributed by atoms with Crippen LogP contribution in [0.5, 0.6) is 0 Å². The van der Waals surface area contributed by atoms with Crippen molar-refractivity contribution >= 4 is 33.3 Å². The first-order valence-corrected chi connectivity index (χ1v) is 15.7. The van der Waals surface area contributed by atoms with Gasteiger partial charge in [0.05, 0.1) is 24.1 Å². The third kappa shape index (κ3) is 7.54. The van der Waals surface area contributed by atoms with Crippen molar-refractivity contribution in [1.82, 2.24) is 4.72 Å². The number of amides is 1. The summed E-state index contributed by atoms with van der Waals surface area (Å²) in [5.74, 6) is -1.20. The Bertz CT molecular complexity index is 1430. The number of hydrogen-bond acceptors (Lipinski definition) is 6. The summed E-state index contributed by atoms with van der Waals surface area (Å²) in [5, 5.41) is 2.94. The number of nitrogens with one attached hydrogen (secondary N) is 2. The number of benzene rings is 3. The summed E-state index contributed by atoms with van der Waals surface area (Å²) in [7, 11) is -4.03. The average Bonchev–Trinajstić information content (AvgIpc) is 2.98. The largest absolute Gasteiger partial charge is 0.466 e. The summed E-state index contributed by atoms with van der Waals surface area (Å²) in [4.78, 5) is 27.8. The number of carbonyl (C=O) groups is 2. The third-order valence-electron chi connectivity index (χ3n) is 7.46. The minimum atomic E-state index is -4.03. The highest BCUT2D eigenvalue weighted by molar-refractivity contribution is 7.89. The van der Waals surface area contributed by atoms with Crippen molar-refractivity contribution in [3.63, 3.8) is 0 Å². The van der Waals surface area contributed by atoms with Crippen molar-refractivity contribution < 1.29 is 22.7 Å². The lowest BCUT2D eigenvalue weighted by Gasteiger charge is -2.34. The number of ether oxygens (including phenoxy) is 1. The van der Waals surface area contributed by atoms with Gasteiger partial charge in [0.25, 0.3) is 0 Å². The fourth-order valence-electron chi connectivity index (χ4n) is 5.31. The molecule has 0 bridgehead atoms. The second-order valence-corrected chi connectivity index (χ2v) is 12.0. The Morgan fingerprint density at radius 1 is 0.976 bits per heavy atom. The van der Waals surface area contributed by atoms with Gasteiger partial charge >= 0.3 is 5.97 Å². The molecule has 3 unspecified atom stereocenters. The van der Waals surface area contributed by atoms with Crippen LogP contribution in [0.4, 0.5) is 11.4 Å². The molecule has 0 saturated carbocycles. The number of anilines is 2. The zero-order valence-corrected chi connectivity index (χ0v) is 24.7. The summed E-state index contributed by atoms with van der Waals surface area (Å²) in [6.45, 7) is 6.77. The van der Waals surface area contributed by atoms with E-state index in [0.29, 0.717) is 43.9 Å². The number of nitrogens with zero attached hydrogens (tertiary/aromatic N) is 1. The molecule has 0 aromatic heterocycles.